The quantitative estimate of drug-likeness (QED) is 0.355. The van der Waals surface area contributed by atoms with Gasteiger partial charge in [-0.15, -0.1) is 10.2 Å². The van der Waals surface area contributed by atoms with E-state index in [4.69, 9.17) is 11.6 Å². The maximum atomic E-state index is 12.3. The molecule has 0 fully saturated rings. The van der Waals surface area contributed by atoms with Gasteiger partial charge in [-0.05, 0) is 51.1 Å². The van der Waals surface area contributed by atoms with Crippen molar-refractivity contribution in [1.82, 2.24) is 30.4 Å². The van der Waals surface area contributed by atoms with Gasteiger partial charge in [0.1, 0.15) is 0 Å². The first-order valence-electron chi connectivity index (χ1n) is 10.2. The summed E-state index contributed by atoms with van der Waals surface area (Å²) >= 11 is 7.28. The van der Waals surface area contributed by atoms with Gasteiger partial charge in [-0.1, -0.05) is 41.6 Å². The van der Waals surface area contributed by atoms with E-state index in [0.717, 1.165) is 22.2 Å². The zero-order valence-electron chi connectivity index (χ0n) is 18.3. The van der Waals surface area contributed by atoms with E-state index in [9.17, 15) is 9.59 Å². The standard InChI is InChI=1S/C23H23ClN6O2S/c1-23(2,3)27-21(32)26-19(31)13-33-22-29-28-20(30(22)15-10-8-14(24)9-11-15)17-12-25-18-7-5-4-6-16(17)18/h4-12,25H,13H2,1-3H3,(H2,26,27,31,32). The third-order valence-electron chi connectivity index (χ3n) is 4.62. The zero-order valence-corrected chi connectivity index (χ0v) is 19.9. The first kappa shape index (κ1) is 22.9. The van der Waals surface area contributed by atoms with E-state index in [2.05, 4.69) is 25.8 Å². The second-order valence-corrected chi connectivity index (χ2v) is 9.79. The second-order valence-electron chi connectivity index (χ2n) is 8.41. The number of rotatable bonds is 5. The predicted octanol–water partition coefficient (Wildman–Crippen LogP) is 4.79. The molecule has 33 heavy (non-hydrogen) atoms. The number of thioether (sulfide) groups is 1. The van der Waals surface area contributed by atoms with Gasteiger partial charge < -0.3 is 10.3 Å². The number of hydrogen-bond acceptors (Lipinski definition) is 5. The Labute approximate surface area is 200 Å². The van der Waals surface area contributed by atoms with Crippen LogP contribution < -0.4 is 10.6 Å². The number of carbonyl (C=O) groups is 2. The number of aromatic amines is 1. The van der Waals surface area contributed by atoms with Crippen molar-refractivity contribution in [3.8, 4) is 17.1 Å². The van der Waals surface area contributed by atoms with E-state index in [1.165, 1.54) is 11.8 Å². The molecule has 2 aromatic heterocycles. The third kappa shape index (κ3) is 5.37. The lowest BCUT2D eigenvalue weighted by molar-refractivity contribution is -0.117. The fourth-order valence-electron chi connectivity index (χ4n) is 3.28. The predicted molar refractivity (Wildman–Crippen MR) is 131 cm³/mol. The Bertz CT molecular complexity index is 1310. The Balaban J connectivity index is 1.63. The van der Waals surface area contributed by atoms with Crippen molar-refractivity contribution in [3.63, 3.8) is 0 Å². The van der Waals surface area contributed by atoms with Gasteiger partial charge in [-0.25, -0.2) is 4.79 Å². The third-order valence-corrected chi connectivity index (χ3v) is 5.80. The van der Waals surface area contributed by atoms with Crippen LogP contribution >= 0.6 is 23.4 Å². The Morgan fingerprint density at radius 2 is 1.82 bits per heavy atom. The minimum Gasteiger partial charge on any atom is -0.360 e. The first-order valence-corrected chi connectivity index (χ1v) is 11.6. The average molecular weight is 483 g/mol. The van der Waals surface area contributed by atoms with E-state index in [0.29, 0.717) is 16.0 Å². The van der Waals surface area contributed by atoms with E-state index in [-0.39, 0.29) is 5.75 Å². The summed E-state index contributed by atoms with van der Waals surface area (Å²) in [4.78, 5) is 27.6. The molecule has 0 aliphatic heterocycles. The molecule has 2 heterocycles. The largest absolute Gasteiger partial charge is 0.360 e. The molecule has 0 unspecified atom stereocenters. The van der Waals surface area contributed by atoms with Crippen molar-refractivity contribution < 1.29 is 9.59 Å². The highest BCUT2D eigenvalue weighted by Crippen LogP contribution is 2.32. The van der Waals surface area contributed by atoms with Gasteiger partial charge in [-0.3, -0.25) is 14.7 Å². The highest BCUT2D eigenvalue weighted by atomic mass is 35.5. The number of benzene rings is 2. The molecule has 0 atom stereocenters. The lowest BCUT2D eigenvalue weighted by Crippen LogP contribution is -2.48. The van der Waals surface area contributed by atoms with Crippen LogP contribution in [0.2, 0.25) is 5.02 Å². The van der Waals surface area contributed by atoms with Crippen LogP contribution in [0.15, 0.2) is 59.9 Å². The first-order chi connectivity index (χ1) is 15.7. The van der Waals surface area contributed by atoms with Crippen LogP contribution in [0.25, 0.3) is 28.0 Å². The fraction of sp³-hybridized carbons (Fsp3) is 0.217. The van der Waals surface area contributed by atoms with Crippen LogP contribution in [-0.4, -0.2) is 43.0 Å². The molecule has 4 aromatic rings. The number of fused-ring (bicyclic) bond motifs is 1. The molecule has 0 bridgehead atoms. The van der Waals surface area contributed by atoms with Crippen molar-refractivity contribution in [2.75, 3.05) is 5.75 Å². The number of aromatic nitrogens is 4. The second kappa shape index (κ2) is 9.29. The summed E-state index contributed by atoms with van der Waals surface area (Å²) in [5, 5.41) is 15.9. The van der Waals surface area contributed by atoms with Gasteiger partial charge in [0.15, 0.2) is 11.0 Å². The molecule has 0 saturated carbocycles. The van der Waals surface area contributed by atoms with E-state index >= 15 is 0 Å². The van der Waals surface area contributed by atoms with Crippen LogP contribution in [-0.2, 0) is 4.79 Å². The van der Waals surface area contributed by atoms with Crippen molar-refractivity contribution in [1.29, 1.82) is 0 Å². The maximum Gasteiger partial charge on any atom is 0.321 e. The topological polar surface area (TPSA) is 105 Å². The average Bonchev–Trinajstić information content (AvgIpc) is 3.35. The summed E-state index contributed by atoms with van der Waals surface area (Å²) in [5.41, 5.74) is 2.23. The van der Waals surface area contributed by atoms with Gasteiger partial charge in [0.25, 0.3) is 0 Å². The molecule has 170 valence electrons. The number of halogens is 1. The molecule has 0 aliphatic carbocycles. The summed E-state index contributed by atoms with van der Waals surface area (Å²) in [6.07, 6.45) is 1.89. The molecule has 10 heteroatoms. The van der Waals surface area contributed by atoms with Crippen molar-refractivity contribution in [2.45, 2.75) is 31.5 Å². The monoisotopic (exact) mass is 482 g/mol. The molecular formula is C23H23ClN6O2S. The molecular weight excluding hydrogens is 460 g/mol. The molecule has 0 saturated heterocycles. The molecule has 4 rings (SSSR count). The molecule has 2 aromatic carbocycles. The number of para-hydroxylation sites is 1. The van der Waals surface area contributed by atoms with Gasteiger partial charge in [0.2, 0.25) is 5.91 Å². The Morgan fingerprint density at radius 3 is 2.55 bits per heavy atom. The van der Waals surface area contributed by atoms with Crippen molar-refractivity contribution in [3.05, 3.63) is 59.8 Å². The number of nitrogens with zero attached hydrogens (tertiary/aromatic N) is 3. The highest BCUT2D eigenvalue weighted by Gasteiger charge is 2.21. The Morgan fingerprint density at radius 1 is 1.09 bits per heavy atom. The van der Waals surface area contributed by atoms with E-state index < -0.39 is 17.5 Å². The molecule has 8 nitrogen and oxygen atoms in total. The number of imide groups is 1. The molecule has 3 amide bonds. The van der Waals surface area contributed by atoms with Gasteiger partial charge in [0, 0.05) is 38.9 Å². The highest BCUT2D eigenvalue weighted by molar-refractivity contribution is 7.99. The van der Waals surface area contributed by atoms with Gasteiger partial charge >= 0.3 is 6.03 Å². The maximum absolute atomic E-state index is 12.3. The number of H-pyrrole nitrogens is 1. The van der Waals surface area contributed by atoms with Gasteiger partial charge in [-0.2, -0.15) is 0 Å². The van der Waals surface area contributed by atoms with Crippen LogP contribution in [0.3, 0.4) is 0 Å². The Hall–Kier alpha value is -3.30. The summed E-state index contributed by atoms with van der Waals surface area (Å²) in [5.74, 6) is 0.196. The van der Waals surface area contributed by atoms with Crippen LogP contribution in [0.5, 0.6) is 0 Å². The van der Waals surface area contributed by atoms with E-state index in [1.54, 1.807) is 12.1 Å². The number of urea groups is 1. The number of amides is 3. The molecule has 3 N–H and O–H groups in total. The summed E-state index contributed by atoms with van der Waals surface area (Å²) < 4.78 is 1.87. The summed E-state index contributed by atoms with van der Waals surface area (Å²) in [7, 11) is 0. The van der Waals surface area contributed by atoms with Crippen molar-refractivity contribution in [2.24, 2.45) is 0 Å². The normalized spacial score (nSPS) is 11.5. The fourth-order valence-corrected chi connectivity index (χ4v) is 4.16. The number of carbonyl (C=O) groups excluding carboxylic acids is 2. The zero-order chi connectivity index (χ0) is 23.6. The number of hydrogen-bond donors (Lipinski definition) is 3. The minimum atomic E-state index is -0.535. The smallest absolute Gasteiger partial charge is 0.321 e. The van der Waals surface area contributed by atoms with E-state index in [1.807, 2.05) is 67.9 Å². The lowest BCUT2D eigenvalue weighted by Gasteiger charge is -2.20. The lowest BCUT2D eigenvalue weighted by atomic mass is 10.1. The van der Waals surface area contributed by atoms with Crippen LogP contribution in [0.4, 0.5) is 4.79 Å². The molecule has 0 spiro atoms. The minimum absolute atomic E-state index is 0.00281. The van der Waals surface area contributed by atoms with Crippen LogP contribution in [0, 0.1) is 0 Å². The molecule has 0 radical (unpaired) electrons. The number of nitrogens with one attached hydrogen (secondary N) is 3. The molecule has 0 aliphatic rings. The van der Waals surface area contributed by atoms with Crippen LogP contribution in [0.1, 0.15) is 20.8 Å². The summed E-state index contributed by atoms with van der Waals surface area (Å²) in [6, 6.07) is 14.7. The Kier molecular flexibility index (Phi) is 6.44. The SMILES string of the molecule is CC(C)(C)NC(=O)NC(=O)CSc1nnc(-c2c[nH]c3ccccc23)n1-c1ccc(Cl)cc1. The van der Waals surface area contributed by atoms with Crippen molar-refractivity contribution >= 4 is 46.2 Å². The summed E-state index contributed by atoms with van der Waals surface area (Å²) in [6.45, 7) is 5.52. The van der Waals surface area contributed by atoms with Gasteiger partial charge in [0.05, 0.1) is 5.75 Å².